The third-order valence-corrected chi connectivity index (χ3v) is 5.49. The van der Waals surface area contributed by atoms with Gasteiger partial charge < -0.3 is 9.84 Å². The van der Waals surface area contributed by atoms with E-state index in [0.717, 1.165) is 19.3 Å². The second-order valence-electron chi connectivity index (χ2n) is 4.73. The van der Waals surface area contributed by atoms with E-state index in [1.165, 1.54) is 6.42 Å². The van der Waals surface area contributed by atoms with E-state index in [2.05, 4.69) is 22.6 Å². The number of alkyl halides is 1. The SMILES string of the molecule is CCC1(O)CC2(CCCCC2I)OC1=O. The molecule has 1 spiro atoms. The predicted molar refractivity (Wildman–Crippen MR) is 65.0 cm³/mol. The van der Waals surface area contributed by atoms with Crippen LogP contribution in [0.15, 0.2) is 0 Å². The highest BCUT2D eigenvalue weighted by molar-refractivity contribution is 14.1. The molecule has 1 heterocycles. The first-order valence-corrected chi connectivity index (χ1v) is 6.87. The Balaban J connectivity index is 2.22. The highest BCUT2D eigenvalue weighted by Gasteiger charge is 2.58. The monoisotopic (exact) mass is 324 g/mol. The van der Waals surface area contributed by atoms with Crippen LogP contribution in [0, 0.1) is 0 Å². The zero-order chi connectivity index (χ0) is 11.1. The Hall–Kier alpha value is 0.160. The van der Waals surface area contributed by atoms with Crippen molar-refractivity contribution in [2.45, 2.75) is 60.6 Å². The van der Waals surface area contributed by atoms with Crippen LogP contribution in [0.4, 0.5) is 0 Å². The third kappa shape index (κ3) is 1.79. The molecule has 0 radical (unpaired) electrons. The molecule has 0 aromatic heterocycles. The van der Waals surface area contributed by atoms with Gasteiger partial charge in [0, 0.05) is 6.42 Å². The molecule has 3 nitrogen and oxygen atoms in total. The molecule has 86 valence electrons. The minimum atomic E-state index is -1.22. The van der Waals surface area contributed by atoms with Gasteiger partial charge in [-0.05, 0) is 25.7 Å². The topological polar surface area (TPSA) is 46.5 Å². The van der Waals surface area contributed by atoms with Crippen molar-refractivity contribution in [1.29, 1.82) is 0 Å². The van der Waals surface area contributed by atoms with E-state index >= 15 is 0 Å². The minimum Gasteiger partial charge on any atom is -0.456 e. The summed E-state index contributed by atoms with van der Waals surface area (Å²) in [6, 6.07) is 0. The summed E-state index contributed by atoms with van der Waals surface area (Å²) in [5, 5.41) is 10.1. The van der Waals surface area contributed by atoms with Gasteiger partial charge in [0.25, 0.3) is 0 Å². The van der Waals surface area contributed by atoms with Crippen LogP contribution in [0.5, 0.6) is 0 Å². The standard InChI is InChI=1S/C11H17IO3/c1-2-10(14)7-11(15-9(10)13)6-4-3-5-8(11)12/h8,14H,2-7H2,1H3. The van der Waals surface area contributed by atoms with Crippen LogP contribution < -0.4 is 0 Å². The van der Waals surface area contributed by atoms with Gasteiger partial charge in [-0.25, -0.2) is 4.79 Å². The molecular weight excluding hydrogens is 307 g/mol. The maximum Gasteiger partial charge on any atom is 0.338 e. The lowest BCUT2D eigenvalue weighted by molar-refractivity contribution is -0.160. The number of hydrogen-bond donors (Lipinski definition) is 1. The molecule has 1 aliphatic carbocycles. The predicted octanol–water partition coefficient (Wildman–Crippen LogP) is 2.19. The molecule has 1 N–H and O–H groups in total. The maximum atomic E-state index is 11.7. The lowest BCUT2D eigenvalue weighted by Gasteiger charge is -2.36. The molecule has 2 rings (SSSR count). The van der Waals surface area contributed by atoms with Gasteiger partial charge in [-0.15, -0.1) is 0 Å². The second-order valence-corrected chi connectivity index (χ2v) is 6.23. The zero-order valence-corrected chi connectivity index (χ0v) is 11.1. The first-order chi connectivity index (χ1) is 7.02. The molecule has 0 bridgehead atoms. The van der Waals surface area contributed by atoms with E-state index in [4.69, 9.17) is 4.74 Å². The molecule has 2 fully saturated rings. The molecule has 3 unspecified atom stereocenters. The van der Waals surface area contributed by atoms with Gasteiger partial charge in [0.15, 0.2) is 5.60 Å². The van der Waals surface area contributed by atoms with Gasteiger partial charge in [-0.1, -0.05) is 35.9 Å². The Kier molecular flexibility index (Phi) is 3.01. The number of hydrogen-bond acceptors (Lipinski definition) is 3. The zero-order valence-electron chi connectivity index (χ0n) is 8.96. The largest absolute Gasteiger partial charge is 0.456 e. The van der Waals surface area contributed by atoms with Gasteiger partial charge in [0.2, 0.25) is 0 Å². The van der Waals surface area contributed by atoms with E-state index in [-0.39, 0.29) is 5.60 Å². The fourth-order valence-electron chi connectivity index (χ4n) is 2.63. The van der Waals surface area contributed by atoms with E-state index in [1.54, 1.807) is 0 Å². The van der Waals surface area contributed by atoms with Gasteiger partial charge in [-0.3, -0.25) is 0 Å². The summed E-state index contributed by atoms with van der Waals surface area (Å²) in [6.45, 7) is 1.84. The summed E-state index contributed by atoms with van der Waals surface area (Å²) in [5.74, 6) is -0.409. The van der Waals surface area contributed by atoms with Crippen molar-refractivity contribution in [2.24, 2.45) is 0 Å². The number of aliphatic hydroxyl groups is 1. The Morgan fingerprint density at radius 2 is 2.33 bits per heavy atom. The molecule has 0 aromatic carbocycles. The fourth-order valence-corrected chi connectivity index (χ4v) is 3.73. The first kappa shape index (κ1) is 11.6. The highest BCUT2D eigenvalue weighted by atomic mass is 127. The number of carbonyl (C=O) groups excluding carboxylic acids is 1. The van der Waals surface area contributed by atoms with Crippen molar-refractivity contribution in [2.75, 3.05) is 0 Å². The van der Waals surface area contributed by atoms with Crippen molar-refractivity contribution >= 4 is 28.6 Å². The van der Waals surface area contributed by atoms with Crippen LogP contribution in [-0.2, 0) is 9.53 Å². The number of carbonyl (C=O) groups is 1. The number of rotatable bonds is 1. The van der Waals surface area contributed by atoms with Gasteiger partial charge in [0.05, 0.1) is 3.92 Å². The van der Waals surface area contributed by atoms with Crippen molar-refractivity contribution in [1.82, 2.24) is 0 Å². The highest BCUT2D eigenvalue weighted by Crippen LogP contribution is 2.47. The molecule has 4 heteroatoms. The number of halogens is 1. The van der Waals surface area contributed by atoms with Gasteiger partial charge in [0.1, 0.15) is 5.60 Å². The molecule has 0 aromatic rings. The number of ether oxygens (including phenoxy) is 1. The fraction of sp³-hybridized carbons (Fsp3) is 0.909. The lowest BCUT2D eigenvalue weighted by Crippen LogP contribution is -2.42. The van der Waals surface area contributed by atoms with Crippen molar-refractivity contribution in [3.8, 4) is 0 Å². The normalized spacial score (nSPS) is 45.8. The van der Waals surface area contributed by atoms with E-state index < -0.39 is 11.6 Å². The van der Waals surface area contributed by atoms with E-state index in [0.29, 0.717) is 16.8 Å². The first-order valence-electron chi connectivity index (χ1n) is 5.62. The number of esters is 1. The Morgan fingerprint density at radius 1 is 1.60 bits per heavy atom. The smallest absolute Gasteiger partial charge is 0.338 e. The maximum absolute atomic E-state index is 11.7. The van der Waals surface area contributed by atoms with Crippen LogP contribution >= 0.6 is 22.6 Å². The third-order valence-electron chi connectivity index (χ3n) is 3.73. The summed E-state index contributed by atoms with van der Waals surface area (Å²) in [4.78, 5) is 11.7. The second kappa shape index (κ2) is 3.87. The summed E-state index contributed by atoms with van der Waals surface area (Å²) in [7, 11) is 0. The summed E-state index contributed by atoms with van der Waals surface area (Å²) in [5.41, 5.74) is -1.60. The Bertz CT molecular complexity index is 281. The quantitative estimate of drug-likeness (QED) is 0.457. The Morgan fingerprint density at radius 3 is 2.87 bits per heavy atom. The van der Waals surface area contributed by atoms with Crippen LogP contribution in [0.1, 0.15) is 45.4 Å². The van der Waals surface area contributed by atoms with Crippen LogP contribution in [0.2, 0.25) is 0 Å². The summed E-state index contributed by atoms with van der Waals surface area (Å²) >= 11 is 2.37. The molecule has 3 atom stereocenters. The lowest BCUT2D eigenvalue weighted by atomic mass is 9.78. The summed E-state index contributed by atoms with van der Waals surface area (Å²) in [6.07, 6.45) is 5.26. The van der Waals surface area contributed by atoms with Crippen LogP contribution in [0.3, 0.4) is 0 Å². The molecular formula is C11H17IO3. The molecule has 2 aliphatic rings. The minimum absolute atomic E-state index is 0.355. The van der Waals surface area contributed by atoms with Crippen LogP contribution in [-0.4, -0.2) is 26.2 Å². The van der Waals surface area contributed by atoms with Crippen molar-refractivity contribution in [3.05, 3.63) is 0 Å². The molecule has 1 saturated heterocycles. The van der Waals surface area contributed by atoms with Crippen LogP contribution in [0.25, 0.3) is 0 Å². The molecule has 15 heavy (non-hydrogen) atoms. The molecule has 1 saturated carbocycles. The summed E-state index contributed by atoms with van der Waals surface area (Å²) < 4.78 is 5.87. The van der Waals surface area contributed by atoms with E-state index in [1.807, 2.05) is 6.92 Å². The van der Waals surface area contributed by atoms with Crippen molar-refractivity contribution in [3.63, 3.8) is 0 Å². The van der Waals surface area contributed by atoms with Crippen molar-refractivity contribution < 1.29 is 14.6 Å². The van der Waals surface area contributed by atoms with Gasteiger partial charge in [-0.2, -0.15) is 0 Å². The Labute approximate surface area is 104 Å². The molecule has 1 aliphatic heterocycles. The van der Waals surface area contributed by atoms with Gasteiger partial charge >= 0.3 is 5.97 Å². The van der Waals surface area contributed by atoms with E-state index in [9.17, 15) is 9.90 Å². The molecule has 0 amide bonds. The average Bonchev–Trinajstić information content (AvgIpc) is 2.46. The average molecular weight is 324 g/mol.